The lowest BCUT2D eigenvalue weighted by molar-refractivity contribution is 0.408. The highest BCUT2D eigenvalue weighted by atomic mass is 32.1. The number of aromatic nitrogens is 1. The van der Waals surface area contributed by atoms with E-state index in [1.807, 2.05) is 24.3 Å². The van der Waals surface area contributed by atoms with Crippen molar-refractivity contribution in [1.29, 1.82) is 0 Å². The molecule has 0 spiro atoms. The summed E-state index contributed by atoms with van der Waals surface area (Å²) in [6.45, 7) is 0. The maximum atomic E-state index is 6.46. The van der Waals surface area contributed by atoms with E-state index in [1.54, 1.807) is 18.4 Å². The molecule has 1 heterocycles. The lowest BCUT2D eigenvalue weighted by Gasteiger charge is -2.13. The molecule has 4 heteroatoms. The number of rotatable bonds is 4. The number of nitrogens with zero attached hydrogens (tertiary/aromatic N) is 1. The van der Waals surface area contributed by atoms with Crippen LogP contribution in [-0.2, 0) is 0 Å². The molecular weight excluding hydrogens is 328 g/mol. The van der Waals surface area contributed by atoms with Crippen LogP contribution in [0.3, 0.4) is 0 Å². The predicted octanol–water partition coefficient (Wildman–Crippen LogP) is 5.02. The topological polar surface area (TPSA) is 48.1 Å². The zero-order chi connectivity index (χ0) is 17.2. The summed E-state index contributed by atoms with van der Waals surface area (Å²) in [5, 5.41) is 5.37. The maximum absolute atomic E-state index is 6.46. The lowest BCUT2D eigenvalue weighted by Crippen LogP contribution is -2.12. The fourth-order valence-electron chi connectivity index (χ4n) is 3.06. The van der Waals surface area contributed by atoms with Crippen molar-refractivity contribution in [1.82, 2.24) is 4.98 Å². The molecule has 2 N–H and O–H groups in total. The van der Waals surface area contributed by atoms with Gasteiger partial charge in [0.2, 0.25) is 0 Å². The van der Waals surface area contributed by atoms with Gasteiger partial charge in [0.05, 0.1) is 18.8 Å². The van der Waals surface area contributed by atoms with Gasteiger partial charge in [-0.25, -0.2) is 4.98 Å². The molecule has 0 aliphatic rings. The van der Waals surface area contributed by atoms with E-state index in [0.29, 0.717) is 0 Å². The Morgan fingerprint density at radius 2 is 1.72 bits per heavy atom. The monoisotopic (exact) mass is 346 g/mol. The highest BCUT2D eigenvalue weighted by molar-refractivity contribution is 7.10. The number of hydrogen-bond acceptors (Lipinski definition) is 4. The number of nitrogens with two attached hydrogens (primary N) is 1. The van der Waals surface area contributed by atoms with Gasteiger partial charge in [0, 0.05) is 16.5 Å². The molecule has 0 saturated heterocycles. The fraction of sp³-hybridized carbons (Fsp3) is 0.0952. The van der Waals surface area contributed by atoms with Gasteiger partial charge in [-0.05, 0) is 16.8 Å². The van der Waals surface area contributed by atoms with Crippen LogP contribution in [0.4, 0.5) is 0 Å². The largest absolute Gasteiger partial charge is 0.496 e. The number of para-hydroxylation sites is 1. The van der Waals surface area contributed by atoms with Crippen LogP contribution in [0.1, 0.15) is 16.6 Å². The summed E-state index contributed by atoms with van der Waals surface area (Å²) in [6, 6.07) is 22.2. The molecule has 0 bridgehead atoms. The van der Waals surface area contributed by atoms with E-state index >= 15 is 0 Å². The molecule has 0 radical (unpaired) electrons. The van der Waals surface area contributed by atoms with Crippen LogP contribution in [-0.4, -0.2) is 12.1 Å². The molecule has 3 aromatic carbocycles. The van der Waals surface area contributed by atoms with Gasteiger partial charge in [-0.1, -0.05) is 60.7 Å². The van der Waals surface area contributed by atoms with E-state index in [1.165, 1.54) is 10.8 Å². The molecule has 0 fully saturated rings. The van der Waals surface area contributed by atoms with Crippen LogP contribution in [0.2, 0.25) is 0 Å². The van der Waals surface area contributed by atoms with Gasteiger partial charge < -0.3 is 10.5 Å². The van der Waals surface area contributed by atoms with Gasteiger partial charge in [-0.2, -0.15) is 0 Å². The summed E-state index contributed by atoms with van der Waals surface area (Å²) in [5.41, 5.74) is 9.51. The first-order valence-corrected chi connectivity index (χ1v) is 8.98. The molecule has 4 rings (SSSR count). The molecule has 25 heavy (non-hydrogen) atoms. The average Bonchev–Trinajstić information content (AvgIpc) is 3.17. The Hall–Kier alpha value is -2.69. The van der Waals surface area contributed by atoms with E-state index in [-0.39, 0.29) is 6.04 Å². The summed E-state index contributed by atoms with van der Waals surface area (Å²) < 4.78 is 5.43. The molecular formula is C21H18N2OS. The number of benzene rings is 3. The quantitative estimate of drug-likeness (QED) is 0.564. The normalized spacial score (nSPS) is 12.2. The van der Waals surface area contributed by atoms with Gasteiger partial charge in [-0.15, -0.1) is 11.3 Å². The third-order valence-electron chi connectivity index (χ3n) is 4.33. The summed E-state index contributed by atoms with van der Waals surface area (Å²) >= 11 is 1.58. The van der Waals surface area contributed by atoms with Crippen molar-refractivity contribution in [3.8, 4) is 17.0 Å². The minimum atomic E-state index is -0.301. The maximum Gasteiger partial charge on any atom is 0.124 e. The van der Waals surface area contributed by atoms with Crippen molar-refractivity contribution in [3.63, 3.8) is 0 Å². The molecule has 0 saturated carbocycles. The van der Waals surface area contributed by atoms with Crippen molar-refractivity contribution in [2.75, 3.05) is 7.11 Å². The van der Waals surface area contributed by atoms with Gasteiger partial charge in [0.15, 0.2) is 0 Å². The first-order chi connectivity index (χ1) is 12.3. The van der Waals surface area contributed by atoms with E-state index < -0.39 is 0 Å². The number of thiazole rings is 1. The summed E-state index contributed by atoms with van der Waals surface area (Å²) in [6.07, 6.45) is 0. The van der Waals surface area contributed by atoms with Gasteiger partial charge >= 0.3 is 0 Å². The Morgan fingerprint density at radius 1 is 0.960 bits per heavy atom. The van der Waals surface area contributed by atoms with Crippen molar-refractivity contribution in [2.45, 2.75) is 6.04 Å². The third kappa shape index (κ3) is 2.90. The third-order valence-corrected chi connectivity index (χ3v) is 5.26. The molecule has 0 aliphatic heterocycles. The standard InChI is InChI=1S/C21H18N2OS/c1-24-19-12-5-4-10-17(19)20(22)21-23-18(13-25-21)16-11-6-8-14-7-2-3-9-15(14)16/h2-13,20H,22H2,1H3. The summed E-state index contributed by atoms with van der Waals surface area (Å²) in [5.74, 6) is 0.789. The molecule has 0 amide bonds. The Morgan fingerprint density at radius 3 is 2.60 bits per heavy atom. The fourth-order valence-corrected chi connectivity index (χ4v) is 3.90. The average molecular weight is 346 g/mol. The van der Waals surface area contributed by atoms with Crippen molar-refractivity contribution >= 4 is 22.1 Å². The zero-order valence-electron chi connectivity index (χ0n) is 13.8. The highest BCUT2D eigenvalue weighted by Gasteiger charge is 2.18. The highest BCUT2D eigenvalue weighted by Crippen LogP contribution is 2.34. The van der Waals surface area contributed by atoms with Crippen LogP contribution < -0.4 is 10.5 Å². The number of fused-ring (bicyclic) bond motifs is 1. The van der Waals surface area contributed by atoms with E-state index in [2.05, 4.69) is 47.8 Å². The second kappa shape index (κ2) is 6.67. The van der Waals surface area contributed by atoms with Crippen LogP contribution in [0.5, 0.6) is 5.75 Å². The number of hydrogen-bond donors (Lipinski definition) is 1. The summed E-state index contributed by atoms with van der Waals surface area (Å²) in [4.78, 5) is 4.82. The van der Waals surface area contributed by atoms with Gasteiger partial charge in [0.25, 0.3) is 0 Å². The lowest BCUT2D eigenvalue weighted by atomic mass is 10.0. The van der Waals surface area contributed by atoms with Crippen molar-refractivity contribution in [2.24, 2.45) is 5.73 Å². The number of ether oxygens (including phenoxy) is 1. The second-order valence-electron chi connectivity index (χ2n) is 5.82. The Labute approximate surface area is 150 Å². The molecule has 1 unspecified atom stereocenters. The van der Waals surface area contributed by atoms with Gasteiger partial charge in [-0.3, -0.25) is 0 Å². The molecule has 124 valence electrons. The second-order valence-corrected chi connectivity index (χ2v) is 6.71. The Balaban J connectivity index is 1.75. The zero-order valence-corrected chi connectivity index (χ0v) is 14.7. The first-order valence-electron chi connectivity index (χ1n) is 8.10. The molecule has 4 aromatic rings. The Kier molecular flexibility index (Phi) is 4.22. The Bertz CT molecular complexity index is 1020. The van der Waals surface area contributed by atoms with E-state index in [9.17, 15) is 0 Å². The van der Waals surface area contributed by atoms with Crippen LogP contribution in [0.15, 0.2) is 72.1 Å². The SMILES string of the molecule is COc1ccccc1C(N)c1nc(-c2cccc3ccccc23)cs1. The van der Waals surface area contributed by atoms with E-state index in [4.69, 9.17) is 15.5 Å². The van der Waals surface area contributed by atoms with Crippen LogP contribution >= 0.6 is 11.3 Å². The van der Waals surface area contributed by atoms with Crippen LogP contribution in [0, 0.1) is 0 Å². The molecule has 3 nitrogen and oxygen atoms in total. The minimum absolute atomic E-state index is 0.301. The molecule has 1 aromatic heterocycles. The smallest absolute Gasteiger partial charge is 0.124 e. The van der Waals surface area contributed by atoms with Crippen molar-refractivity contribution < 1.29 is 4.74 Å². The van der Waals surface area contributed by atoms with Crippen LogP contribution in [0.25, 0.3) is 22.0 Å². The van der Waals surface area contributed by atoms with Gasteiger partial charge in [0.1, 0.15) is 10.8 Å². The predicted molar refractivity (Wildman–Crippen MR) is 104 cm³/mol. The van der Waals surface area contributed by atoms with E-state index in [0.717, 1.165) is 27.6 Å². The summed E-state index contributed by atoms with van der Waals surface area (Å²) in [7, 11) is 1.66. The molecule has 0 aliphatic carbocycles. The van der Waals surface area contributed by atoms with Crippen molar-refractivity contribution in [3.05, 3.63) is 82.7 Å². The first kappa shape index (κ1) is 15.8. The molecule has 1 atom stereocenters. The number of methoxy groups -OCH3 is 1. The minimum Gasteiger partial charge on any atom is -0.496 e.